The van der Waals surface area contributed by atoms with Crippen LogP contribution in [0.2, 0.25) is 0 Å². The van der Waals surface area contributed by atoms with Crippen LogP contribution in [0.5, 0.6) is 0 Å². The largest absolute Gasteiger partial charge is 0.388 e. The zero-order valence-corrected chi connectivity index (χ0v) is 11.0. The molecule has 0 aliphatic rings. The van der Waals surface area contributed by atoms with Crippen molar-refractivity contribution < 1.29 is 4.92 Å². The fourth-order valence-electron chi connectivity index (χ4n) is 1.98. The van der Waals surface area contributed by atoms with Gasteiger partial charge in [-0.1, -0.05) is 0 Å². The lowest BCUT2D eigenvalue weighted by Crippen LogP contribution is -2.06. The van der Waals surface area contributed by atoms with Gasteiger partial charge < -0.3 is 5.32 Å². The number of hydrogen-bond acceptors (Lipinski definition) is 5. The SMILES string of the molecule is CNc1ccnc(Cn2nc(C)c([N+](=O)[O-])c2C)c1. The molecule has 0 unspecified atom stereocenters. The summed E-state index contributed by atoms with van der Waals surface area (Å²) in [6.07, 6.45) is 1.70. The maximum Gasteiger partial charge on any atom is 0.312 e. The van der Waals surface area contributed by atoms with Crippen molar-refractivity contribution in [2.45, 2.75) is 20.4 Å². The lowest BCUT2D eigenvalue weighted by molar-refractivity contribution is -0.386. The van der Waals surface area contributed by atoms with E-state index in [0.717, 1.165) is 11.4 Å². The first-order chi connectivity index (χ1) is 9.02. The molecule has 0 bridgehead atoms. The summed E-state index contributed by atoms with van der Waals surface area (Å²) in [7, 11) is 1.83. The van der Waals surface area contributed by atoms with E-state index in [0.29, 0.717) is 17.9 Å². The van der Waals surface area contributed by atoms with Gasteiger partial charge in [0.05, 0.1) is 17.2 Å². The van der Waals surface area contributed by atoms with Gasteiger partial charge in [0.1, 0.15) is 11.4 Å². The molecule has 7 heteroatoms. The van der Waals surface area contributed by atoms with Crippen LogP contribution in [0, 0.1) is 24.0 Å². The lowest BCUT2D eigenvalue weighted by Gasteiger charge is -2.05. The average molecular weight is 261 g/mol. The predicted octanol–water partition coefficient (Wildman–Crippen LogP) is 1.89. The summed E-state index contributed by atoms with van der Waals surface area (Å²) < 4.78 is 1.61. The molecule has 0 amide bonds. The number of nitrogens with one attached hydrogen (secondary N) is 1. The first kappa shape index (κ1) is 13.0. The van der Waals surface area contributed by atoms with E-state index in [1.807, 2.05) is 19.2 Å². The second-order valence-electron chi connectivity index (χ2n) is 4.22. The normalized spacial score (nSPS) is 10.5. The summed E-state index contributed by atoms with van der Waals surface area (Å²) >= 11 is 0. The minimum Gasteiger partial charge on any atom is -0.388 e. The molecule has 0 atom stereocenters. The lowest BCUT2D eigenvalue weighted by atomic mass is 10.3. The van der Waals surface area contributed by atoms with E-state index in [1.54, 1.807) is 24.7 Å². The zero-order valence-electron chi connectivity index (χ0n) is 11.0. The van der Waals surface area contributed by atoms with E-state index in [4.69, 9.17) is 0 Å². The van der Waals surface area contributed by atoms with Crippen LogP contribution in [-0.4, -0.2) is 26.7 Å². The van der Waals surface area contributed by atoms with Crippen molar-refractivity contribution in [2.24, 2.45) is 0 Å². The molecule has 0 aromatic carbocycles. The molecular formula is C12H15N5O2. The van der Waals surface area contributed by atoms with Gasteiger partial charge in [-0.2, -0.15) is 5.10 Å². The number of nitrogens with zero attached hydrogens (tertiary/aromatic N) is 4. The van der Waals surface area contributed by atoms with E-state index in [9.17, 15) is 10.1 Å². The molecule has 0 spiro atoms. The Morgan fingerprint density at radius 3 is 2.79 bits per heavy atom. The summed E-state index contributed by atoms with van der Waals surface area (Å²) in [5.74, 6) is 0. The summed E-state index contributed by atoms with van der Waals surface area (Å²) in [6, 6.07) is 3.75. The molecule has 2 aromatic rings. The molecule has 0 saturated carbocycles. The van der Waals surface area contributed by atoms with Crippen molar-refractivity contribution >= 4 is 11.4 Å². The van der Waals surface area contributed by atoms with Gasteiger partial charge in [-0.3, -0.25) is 19.8 Å². The maximum absolute atomic E-state index is 10.9. The van der Waals surface area contributed by atoms with Gasteiger partial charge in [0, 0.05) is 18.9 Å². The molecule has 2 rings (SSSR count). The zero-order chi connectivity index (χ0) is 14.0. The Hall–Kier alpha value is -2.44. The summed E-state index contributed by atoms with van der Waals surface area (Å²) in [5, 5.41) is 18.2. The van der Waals surface area contributed by atoms with E-state index in [2.05, 4.69) is 15.4 Å². The van der Waals surface area contributed by atoms with Crippen LogP contribution in [-0.2, 0) is 6.54 Å². The van der Waals surface area contributed by atoms with Crippen molar-refractivity contribution in [3.63, 3.8) is 0 Å². The quantitative estimate of drug-likeness (QED) is 0.671. The van der Waals surface area contributed by atoms with Crippen LogP contribution in [0.4, 0.5) is 11.4 Å². The van der Waals surface area contributed by atoms with E-state index < -0.39 is 4.92 Å². The molecule has 19 heavy (non-hydrogen) atoms. The van der Waals surface area contributed by atoms with Crippen LogP contribution in [0.25, 0.3) is 0 Å². The molecule has 2 aromatic heterocycles. The van der Waals surface area contributed by atoms with E-state index in [-0.39, 0.29) is 5.69 Å². The second kappa shape index (κ2) is 5.05. The standard InChI is InChI=1S/C12H15N5O2/c1-8-12(17(18)19)9(2)16(15-8)7-11-6-10(13-3)4-5-14-11/h4-6H,7H2,1-3H3,(H,13,14). The van der Waals surface area contributed by atoms with Crippen LogP contribution in [0.15, 0.2) is 18.3 Å². The monoisotopic (exact) mass is 261 g/mol. The molecule has 7 nitrogen and oxygen atoms in total. The van der Waals surface area contributed by atoms with Crippen molar-refractivity contribution in [1.82, 2.24) is 14.8 Å². The Kier molecular flexibility index (Phi) is 3.46. The molecule has 0 aliphatic heterocycles. The fraction of sp³-hybridized carbons (Fsp3) is 0.333. The van der Waals surface area contributed by atoms with E-state index >= 15 is 0 Å². The van der Waals surface area contributed by atoms with Gasteiger partial charge in [0.15, 0.2) is 0 Å². The Balaban J connectivity index is 2.33. The van der Waals surface area contributed by atoms with Crippen LogP contribution in [0.1, 0.15) is 17.1 Å². The van der Waals surface area contributed by atoms with Crippen molar-refractivity contribution in [3.05, 3.63) is 45.5 Å². The Labute approximate surface area is 110 Å². The molecule has 0 saturated heterocycles. The average Bonchev–Trinajstić information content (AvgIpc) is 2.64. The molecule has 2 heterocycles. The smallest absolute Gasteiger partial charge is 0.312 e. The molecule has 100 valence electrons. The topological polar surface area (TPSA) is 85.9 Å². The highest BCUT2D eigenvalue weighted by Gasteiger charge is 2.21. The third-order valence-corrected chi connectivity index (χ3v) is 2.94. The van der Waals surface area contributed by atoms with Crippen LogP contribution < -0.4 is 5.32 Å². The van der Waals surface area contributed by atoms with Crippen molar-refractivity contribution in [1.29, 1.82) is 0 Å². The number of hydrogen-bond donors (Lipinski definition) is 1. The van der Waals surface area contributed by atoms with Gasteiger partial charge in [0.25, 0.3) is 0 Å². The van der Waals surface area contributed by atoms with Gasteiger partial charge in [0.2, 0.25) is 0 Å². The Morgan fingerprint density at radius 2 is 2.21 bits per heavy atom. The number of nitro groups is 1. The van der Waals surface area contributed by atoms with Crippen LogP contribution >= 0.6 is 0 Å². The van der Waals surface area contributed by atoms with Gasteiger partial charge in [-0.25, -0.2) is 0 Å². The Morgan fingerprint density at radius 1 is 1.47 bits per heavy atom. The van der Waals surface area contributed by atoms with Crippen molar-refractivity contribution in [3.8, 4) is 0 Å². The van der Waals surface area contributed by atoms with Gasteiger partial charge >= 0.3 is 5.69 Å². The minimum atomic E-state index is -0.397. The third kappa shape index (κ3) is 2.54. The maximum atomic E-state index is 10.9. The van der Waals surface area contributed by atoms with Crippen LogP contribution in [0.3, 0.4) is 0 Å². The molecule has 0 radical (unpaired) electrons. The highest BCUT2D eigenvalue weighted by molar-refractivity contribution is 5.43. The number of aromatic nitrogens is 3. The highest BCUT2D eigenvalue weighted by Crippen LogP contribution is 2.22. The molecule has 0 aliphatic carbocycles. The number of aryl methyl sites for hydroxylation is 1. The Bertz CT molecular complexity index is 621. The summed E-state index contributed by atoms with van der Waals surface area (Å²) in [5.41, 5.74) is 2.78. The van der Waals surface area contributed by atoms with Gasteiger partial charge in [-0.15, -0.1) is 0 Å². The molecular weight excluding hydrogens is 246 g/mol. The molecule has 1 N–H and O–H groups in total. The predicted molar refractivity (Wildman–Crippen MR) is 71.2 cm³/mol. The molecule has 0 fully saturated rings. The number of pyridine rings is 1. The minimum absolute atomic E-state index is 0.0739. The number of rotatable bonds is 4. The number of anilines is 1. The van der Waals surface area contributed by atoms with Gasteiger partial charge in [-0.05, 0) is 26.0 Å². The first-order valence-corrected chi connectivity index (χ1v) is 5.84. The summed E-state index contributed by atoms with van der Waals surface area (Å²) in [4.78, 5) is 14.8. The second-order valence-corrected chi connectivity index (χ2v) is 4.22. The third-order valence-electron chi connectivity index (χ3n) is 2.94. The van der Waals surface area contributed by atoms with E-state index in [1.165, 1.54) is 0 Å². The first-order valence-electron chi connectivity index (χ1n) is 5.84. The summed E-state index contributed by atoms with van der Waals surface area (Å²) in [6.45, 7) is 3.75. The fourth-order valence-corrected chi connectivity index (χ4v) is 1.98. The van der Waals surface area contributed by atoms with Crippen molar-refractivity contribution in [2.75, 3.05) is 12.4 Å². The highest BCUT2D eigenvalue weighted by atomic mass is 16.6.